The van der Waals surface area contributed by atoms with Gasteiger partial charge in [0.1, 0.15) is 0 Å². The average molecular weight is 733 g/mol. The Kier molecular flexibility index (Phi) is 7.71. The van der Waals surface area contributed by atoms with Gasteiger partial charge in [0, 0.05) is 60.1 Å². The highest BCUT2D eigenvalue weighted by Gasteiger charge is 2.31. The Balaban J connectivity index is 1.15. The first-order valence-electron chi connectivity index (χ1n) is 18.8. The molecule has 5 heteroatoms. The first-order valence-corrected chi connectivity index (χ1v) is 19.6. The van der Waals surface area contributed by atoms with Gasteiger partial charge in [0.05, 0.1) is 5.69 Å². The summed E-state index contributed by atoms with van der Waals surface area (Å²) in [6, 6.07) is 64.1. The summed E-state index contributed by atoms with van der Waals surface area (Å²) in [6.45, 7) is 0. The van der Waals surface area contributed by atoms with Crippen molar-refractivity contribution in [2.24, 2.45) is 0 Å². The van der Waals surface area contributed by atoms with E-state index in [1.807, 2.05) is 84.3 Å². The number of pyridine rings is 1. The van der Waals surface area contributed by atoms with Gasteiger partial charge in [-0.15, -0.1) is 11.3 Å². The van der Waals surface area contributed by atoms with E-state index in [2.05, 4.69) is 115 Å². The van der Waals surface area contributed by atoms with Crippen LogP contribution in [0.25, 0.3) is 87.8 Å². The summed E-state index contributed by atoms with van der Waals surface area (Å²) in [5, 5.41) is 2.48. The van der Waals surface area contributed by atoms with E-state index >= 15 is 0 Å². The lowest BCUT2D eigenvalue weighted by atomic mass is 9.89. The van der Waals surface area contributed by atoms with Crippen LogP contribution in [0, 0.1) is 0 Å². The summed E-state index contributed by atoms with van der Waals surface area (Å²) >= 11 is 1.83. The molecule has 7 aromatic carbocycles. The van der Waals surface area contributed by atoms with Crippen LogP contribution in [0.4, 0.5) is 0 Å². The quantitative estimate of drug-likeness (QED) is 0.171. The van der Waals surface area contributed by atoms with Crippen molar-refractivity contribution < 1.29 is 0 Å². The minimum atomic E-state index is 0.185. The van der Waals surface area contributed by atoms with E-state index in [1.165, 1.54) is 48.0 Å². The number of nitrogens with zero attached hydrogens (tertiary/aromatic N) is 4. The molecule has 0 saturated heterocycles. The molecule has 1 aliphatic carbocycles. The van der Waals surface area contributed by atoms with E-state index in [-0.39, 0.29) is 5.92 Å². The second-order valence-electron chi connectivity index (χ2n) is 14.2. The molecule has 262 valence electrons. The molecule has 3 aromatic heterocycles. The first kappa shape index (κ1) is 32.4. The van der Waals surface area contributed by atoms with Crippen molar-refractivity contribution in [1.29, 1.82) is 0 Å². The largest absolute Gasteiger partial charge is 0.255 e. The Labute approximate surface area is 328 Å². The van der Waals surface area contributed by atoms with Crippen LogP contribution in [0.3, 0.4) is 0 Å². The minimum Gasteiger partial charge on any atom is -0.255 e. The number of rotatable bonds is 6. The molecule has 0 bridgehead atoms. The van der Waals surface area contributed by atoms with Gasteiger partial charge in [-0.25, -0.2) is 15.0 Å². The van der Waals surface area contributed by atoms with Gasteiger partial charge in [0.2, 0.25) is 0 Å². The van der Waals surface area contributed by atoms with Gasteiger partial charge in [0.25, 0.3) is 0 Å². The van der Waals surface area contributed by atoms with Gasteiger partial charge in [-0.05, 0) is 51.6 Å². The van der Waals surface area contributed by atoms with Crippen LogP contribution in [0.1, 0.15) is 22.6 Å². The lowest BCUT2D eigenvalue weighted by Gasteiger charge is -2.14. The molecule has 4 nitrogen and oxygen atoms in total. The Hall–Kier alpha value is -7.08. The number of benzene rings is 7. The zero-order chi connectivity index (χ0) is 37.0. The zero-order valence-electron chi connectivity index (χ0n) is 30.2. The highest BCUT2D eigenvalue weighted by molar-refractivity contribution is 7.26. The molecule has 1 atom stereocenters. The Morgan fingerprint density at radius 1 is 0.393 bits per heavy atom. The van der Waals surface area contributed by atoms with Crippen LogP contribution in [0.5, 0.6) is 0 Å². The minimum absolute atomic E-state index is 0.185. The molecular weight excluding hydrogens is 701 g/mol. The van der Waals surface area contributed by atoms with E-state index in [1.54, 1.807) is 0 Å². The molecule has 11 rings (SSSR count). The van der Waals surface area contributed by atoms with E-state index < -0.39 is 0 Å². The normalized spacial score (nSPS) is 13.2. The second-order valence-corrected chi connectivity index (χ2v) is 15.2. The number of thiophene rings is 1. The molecule has 0 fully saturated rings. The summed E-state index contributed by atoms with van der Waals surface area (Å²) in [4.78, 5) is 20.6. The van der Waals surface area contributed by atoms with E-state index in [0.717, 1.165) is 39.1 Å². The summed E-state index contributed by atoms with van der Waals surface area (Å²) in [5.41, 5.74) is 13.3. The van der Waals surface area contributed by atoms with Gasteiger partial charge >= 0.3 is 0 Å². The third kappa shape index (κ3) is 5.44. The van der Waals surface area contributed by atoms with Crippen molar-refractivity contribution in [1.82, 2.24) is 19.9 Å². The Morgan fingerprint density at radius 2 is 0.982 bits per heavy atom. The van der Waals surface area contributed by atoms with Crippen LogP contribution >= 0.6 is 11.3 Å². The SMILES string of the molecule is c1ccc(-c2cnc(-c3cccc4c3sc3cc5c(cc34)C(c3ccccc3)c3ccccc3-5)c(-c3nc(-c4ccccc4)nc(-c4ccccc4)n3)c2)cc1. The number of fused-ring (bicyclic) bond motifs is 6. The number of hydrogen-bond acceptors (Lipinski definition) is 5. The van der Waals surface area contributed by atoms with E-state index in [4.69, 9.17) is 19.9 Å². The summed E-state index contributed by atoms with van der Waals surface area (Å²) < 4.78 is 2.45. The topological polar surface area (TPSA) is 51.6 Å². The smallest absolute Gasteiger partial charge is 0.166 e. The van der Waals surface area contributed by atoms with Crippen molar-refractivity contribution in [3.63, 3.8) is 0 Å². The second kappa shape index (κ2) is 13.3. The predicted octanol–water partition coefficient (Wildman–Crippen LogP) is 13.1. The fourth-order valence-electron chi connectivity index (χ4n) is 8.25. The molecule has 0 N–H and O–H groups in total. The number of aromatic nitrogens is 4. The van der Waals surface area contributed by atoms with Crippen LogP contribution in [0.15, 0.2) is 188 Å². The van der Waals surface area contributed by atoms with Gasteiger partial charge in [-0.1, -0.05) is 164 Å². The van der Waals surface area contributed by atoms with Crippen molar-refractivity contribution in [3.8, 4) is 67.7 Å². The standard InChI is InChI=1S/C51H32N4S/c1-5-16-32(17-6-1)36-28-44(51-54-49(34-20-9-3-10-21-34)53-50(55-51)35-22-11-4-12-23-35)47(52-31-36)40-27-15-26-39-42-29-43-41(30-45(42)56-48(39)40)37-24-13-14-25-38(37)46(43)33-18-7-2-8-19-33/h1-31,46H. The van der Waals surface area contributed by atoms with Crippen LogP contribution in [0.2, 0.25) is 0 Å². The maximum absolute atomic E-state index is 5.28. The van der Waals surface area contributed by atoms with Gasteiger partial charge < -0.3 is 0 Å². The third-order valence-corrected chi connectivity index (χ3v) is 12.1. The molecule has 0 aliphatic heterocycles. The molecule has 0 saturated carbocycles. The lowest BCUT2D eigenvalue weighted by molar-refractivity contribution is 1.02. The molecule has 0 amide bonds. The van der Waals surface area contributed by atoms with Crippen LogP contribution in [-0.2, 0) is 0 Å². The fraction of sp³-hybridized carbons (Fsp3) is 0.0196. The van der Waals surface area contributed by atoms with Gasteiger partial charge in [-0.2, -0.15) is 0 Å². The molecule has 1 unspecified atom stereocenters. The maximum atomic E-state index is 5.28. The molecule has 56 heavy (non-hydrogen) atoms. The summed E-state index contributed by atoms with van der Waals surface area (Å²) in [6.07, 6.45) is 1.98. The van der Waals surface area contributed by atoms with E-state index in [9.17, 15) is 0 Å². The Morgan fingerprint density at radius 3 is 1.68 bits per heavy atom. The van der Waals surface area contributed by atoms with E-state index in [0.29, 0.717) is 17.5 Å². The lowest BCUT2D eigenvalue weighted by Crippen LogP contribution is -2.02. The van der Waals surface area contributed by atoms with Gasteiger partial charge in [0.15, 0.2) is 17.5 Å². The van der Waals surface area contributed by atoms with Gasteiger partial charge in [-0.3, -0.25) is 4.98 Å². The predicted molar refractivity (Wildman–Crippen MR) is 231 cm³/mol. The molecule has 0 radical (unpaired) electrons. The molecule has 3 heterocycles. The zero-order valence-corrected chi connectivity index (χ0v) is 31.0. The van der Waals surface area contributed by atoms with Crippen molar-refractivity contribution in [2.75, 3.05) is 0 Å². The van der Waals surface area contributed by atoms with Crippen molar-refractivity contribution in [2.45, 2.75) is 5.92 Å². The summed E-state index contributed by atoms with van der Waals surface area (Å²) in [7, 11) is 0. The van der Waals surface area contributed by atoms with Crippen LogP contribution in [-0.4, -0.2) is 19.9 Å². The monoisotopic (exact) mass is 732 g/mol. The highest BCUT2D eigenvalue weighted by Crippen LogP contribution is 2.52. The Bertz CT molecular complexity index is 3010. The first-order chi connectivity index (χ1) is 27.8. The third-order valence-electron chi connectivity index (χ3n) is 10.9. The average Bonchev–Trinajstić information content (AvgIpc) is 3.81. The summed E-state index contributed by atoms with van der Waals surface area (Å²) in [5.74, 6) is 2.00. The van der Waals surface area contributed by atoms with Crippen LogP contribution < -0.4 is 0 Å². The molecule has 1 aliphatic rings. The maximum Gasteiger partial charge on any atom is 0.166 e. The number of hydrogen-bond donors (Lipinski definition) is 0. The molecular formula is C51H32N4S. The van der Waals surface area contributed by atoms with Crippen molar-refractivity contribution in [3.05, 3.63) is 205 Å². The fourth-order valence-corrected chi connectivity index (χ4v) is 9.49. The molecule has 10 aromatic rings. The highest BCUT2D eigenvalue weighted by atomic mass is 32.1. The molecule has 0 spiro atoms. The van der Waals surface area contributed by atoms with Crippen molar-refractivity contribution >= 4 is 31.5 Å².